The third kappa shape index (κ3) is 3.25. The average molecular weight is 426 g/mol. The maximum absolute atomic E-state index is 13.2. The van der Waals surface area contributed by atoms with Crippen LogP contribution >= 0.6 is 22.9 Å². The molecule has 0 aliphatic carbocycles. The summed E-state index contributed by atoms with van der Waals surface area (Å²) in [6, 6.07) is 9.12. The maximum Gasteiger partial charge on any atom is 0.253 e. The van der Waals surface area contributed by atoms with E-state index >= 15 is 0 Å². The molecule has 1 saturated heterocycles. The van der Waals surface area contributed by atoms with Crippen LogP contribution in [0.4, 0.5) is 11.4 Å². The molecule has 27 heavy (non-hydrogen) atoms. The summed E-state index contributed by atoms with van der Waals surface area (Å²) in [7, 11) is -3.82. The number of halogens is 1. The molecule has 1 N–H and O–H groups in total. The molecule has 1 atom stereocenters. The monoisotopic (exact) mass is 425 g/mol. The zero-order valence-corrected chi connectivity index (χ0v) is 16.5. The first-order chi connectivity index (χ1) is 12.9. The summed E-state index contributed by atoms with van der Waals surface area (Å²) in [6.45, 7) is 0.126. The van der Waals surface area contributed by atoms with Crippen molar-refractivity contribution in [3.63, 3.8) is 0 Å². The van der Waals surface area contributed by atoms with E-state index in [0.29, 0.717) is 28.6 Å². The van der Waals surface area contributed by atoms with Crippen LogP contribution in [0.15, 0.2) is 40.6 Å². The summed E-state index contributed by atoms with van der Waals surface area (Å²) in [6.07, 6.45) is 0.994. The Hall–Kier alpha value is -1.94. The van der Waals surface area contributed by atoms with Crippen molar-refractivity contribution < 1.29 is 18.0 Å². The van der Waals surface area contributed by atoms with Crippen LogP contribution in [0, 0.1) is 0 Å². The minimum Gasteiger partial charge on any atom is -0.323 e. The van der Waals surface area contributed by atoms with Gasteiger partial charge < -0.3 is 5.32 Å². The van der Waals surface area contributed by atoms with Crippen molar-refractivity contribution in [1.29, 1.82) is 0 Å². The van der Waals surface area contributed by atoms with E-state index in [1.165, 1.54) is 21.3 Å². The fourth-order valence-electron chi connectivity index (χ4n) is 3.44. The second-order valence-corrected chi connectivity index (χ2v) is 10.2. The second-order valence-electron chi connectivity index (χ2n) is 6.32. The minimum atomic E-state index is -3.82. The summed E-state index contributed by atoms with van der Waals surface area (Å²) in [5, 5.41) is 2.73. The highest BCUT2D eigenvalue weighted by molar-refractivity contribution is 7.91. The van der Waals surface area contributed by atoms with Crippen LogP contribution in [-0.2, 0) is 19.6 Å². The first-order valence-electron chi connectivity index (χ1n) is 8.35. The summed E-state index contributed by atoms with van der Waals surface area (Å²) in [5.41, 5.74) is 1.12. The Morgan fingerprint density at radius 2 is 2.00 bits per heavy atom. The van der Waals surface area contributed by atoms with Crippen molar-refractivity contribution in [1.82, 2.24) is 4.31 Å². The van der Waals surface area contributed by atoms with Gasteiger partial charge in [-0.3, -0.25) is 14.5 Å². The molecule has 0 bridgehead atoms. The van der Waals surface area contributed by atoms with E-state index < -0.39 is 16.1 Å². The summed E-state index contributed by atoms with van der Waals surface area (Å²) >= 11 is 6.85. The van der Waals surface area contributed by atoms with Gasteiger partial charge in [0.15, 0.2) is 0 Å². The second kappa shape index (κ2) is 6.90. The Labute approximate surface area is 165 Å². The molecule has 2 aliphatic rings. The SMILES string of the molecule is O=C1CN(C(=O)C2CCCN2S(=O)(=O)c2ccc(Cl)s2)c2ccccc2N1. The maximum atomic E-state index is 13.2. The number of carbonyl (C=O) groups excluding carboxylic acids is 2. The van der Waals surface area contributed by atoms with Crippen LogP contribution < -0.4 is 10.2 Å². The molecule has 4 rings (SSSR count). The highest BCUT2D eigenvalue weighted by atomic mass is 35.5. The number of carbonyl (C=O) groups is 2. The number of nitrogens with zero attached hydrogens (tertiary/aromatic N) is 2. The van der Waals surface area contributed by atoms with Gasteiger partial charge in [-0.05, 0) is 37.1 Å². The van der Waals surface area contributed by atoms with Crippen LogP contribution in [0.25, 0.3) is 0 Å². The number of nitrogens with one attached hydrogen (secondary N) is 1. The predicted octanol–water partition coefficient (Wildman–Crippen LogP) is 2.54. The first kappa shape index (κ1) is 18.4. The number of thiophene rings is 1. The van der Waals surface area contributed by atoms with Gasteiger partial charge in [-0.2, -0.15) is 4.31 Å². The fourth-order valence-corrected chi connectivity index (χ4v) is 6.70. The van der Waals surface area contributed by atoms with Crippen LogP contribution in [0.3, 0.4) is 0 Å². The molecule has 2 aromatic rings. The molecular weight excluding hydrogens is 410 g/mol. The zero-order chi connectivity index (χ0) is 19.2. The van der Waals surface area contributed by atoms with E-state index in [1.807, 2.05) is 0 Å². The van der Waals surface area contributed by atoms with E-state index in [-0.39, 0.29) is 29.1 Å². The Morgan fingerprint density at radius 1 is 1.22 bits per heavy atom. The van der Waals surface area contributed by atoms with Gasteiger partial charge in [-0.15, -0.1) is 11.3 Å². The van der Waals surface area contributed by atoms with Crippen LogP contribution in [0.2, 0.25) is 4.34 Å². The lowest BCUT2D eigenvalue weighted by Crippen LogP contribution is -2.51. The van der Waals surface area contributed by atoms with E-state index in [0.717, 1.165) is 11.3 Å². The van der Waals surface area contributed by atoms with Crippen molar-refractivity contribution in [3.05, 3.63) is 40.7 Å². The predicted molar refractivity (Wildman–Crippen MR) is 104 cm³/mol. The molecule has 1 aromatic heterocycles. The lowest BCUT2D eigenvalue weighted by Gasteiger charge is -2.33. The largest absolute Gasteiger partial charge is 0.323 e. The van der Waals surface area contributed by atoms with Crippen LogP contribution in [-0.4, -0.2) is 43.7 Å². The lowest BCUT2D eigenvalue weighted by molar-refractivity contribution is -0.124. The highest BCUT2D eigenvalue weighted by Crippen LogP contribution is 2.35. The molecule has 1 unspecified atom stereocenters. The zero-order valence-electron chi connectivity index (χ0n) is 14.1. The van der Waals surface area contributed by atoms with Gasteiger partial charge in [0.1, 0.15) is 16.8 Å². The standard InChI is InChI=1S/C17H16ClN3O4S2/c18-14-7-8-16(26-14)27(24,25)21-9-3-6-13(21)17(23)20-10-15(22)19-11-4-1-2-5-12(11)20/h1-2,4-5,7-8,13H,3,6,9-10H2,(H,19,22). The van der Waals surface area contributed by atoms with Gasteiger partial charge in [0.2, 0.25) is 11.8 Å². The Bertz CT molecular complexity index is 1020. The summed E-state index contributed by atoms with van der Waals surface area (Å²) < 4.78 is 27.7. The molecule has 1 aromatic carbocycles. The van der Waals surface area contributed by atoms with Gasteiger partial charge in [-0.1, -0.05) is 23.7 Å². The van der Waals surface area contributed by atoms with E-state index in [2.05, 4.69) is 5.32 Å². The molecule has 7 nitrogen and oxygen atoms in total. The Kier molecular flexibility index (Phi) is 4.71. The Balaban J connectivity index is 1.67. The van der Waals surface area contributed by atoms with E-state index in [9.17, 15) is 18.0 Å². The lowest BCUT2D eigenvalue weighted by atomic mass is 10.1. The van der Waals surface area contributed by atoms with Crippen molar-refractivity contribution in [3.8, 4) is 0 Å². The number of hydrogen-bond acceptors (Lipinski definition) is 5. The van der Waals surface area contributed by atoms with Crippen molar-refractivity contribution in [2.75, 3.05) is 23.3 Å². The number of hydrogen-bond donors (Lipinski definition) is 1. The van der Waals surface area contributed by atoms with E-state index in [1.54, 1.807) is 24.3 Å². The fraction of sp³-hybridized carbons (Fsp3) is 0.294. The van der Waals surface area contributed by atoms with Crippen molar-refractivity contribution in [2.45, 2.75) is 23.1 Å². The molecule has 3 heterocycles. The molecule has 0 spiro atoms. The molecule has 1 fully saturated rings. The minimum absolute atomic E-state index is 0.115. The average Bonchev–Trinajstić information content (AvgIpc) is 3.30. The van der Waals surface area contributed by atoms with Crippen molar-refractivity contribution >= 4 is 56.2 Å². The van der Waals surface area contributed by atoms with Crippen molar-refractivity contribution in [2.24, 2.45) is 0 Å². The van der Waals surface area contributed by atoms with Gasteiger partial charge in [-0.25, -0.2) is 8.42 Å². The van der Waals surface area contributed by atoms with Crippen LogP contribution in [0.1, 0.15) is 12.8 Å². The third-order valence-electron chi connectivity index (χ3n) is 4.64. The summed E-state index contributed by atoms with van der Waals surface area (Å²) in [4.78, 5) is 26.6. The molecule has 0 saturated carbocycles. The number of rotatable bonds is 3. The normalized spacial score (nSPS) is 20.4. The number of para-hydroxylation sites is 2. The van der Waals surface area contributed by atoms with E-state index in [4.69, 9.17) is 11.6 Å². The number of sulfonamides is 1. The number of amides is 2. The molecule has 2 amide bonds. The number of anilines is 2. The number of fused-ring (bicyclic) bond motifs is 1. The number of benzene rings is 1. The molecular formula is C17H16ClN3O4S2. The Morgan fingerprint density at radius 3 is 2.74 bits per heavy atom. The highest BCUT2D eigenvalue weighted by Gasteiger charge is 2.43. The smallest absolute Gasteiger partial charge is 0.253 e. The van der Waals surface area contributed by atoms with Gasteiger partial charge in [0.05, 0.1) is 15.7 Å². The van der Waals surface area contributed by atoms with Gasteiger partial charge in [0, 0.05) is 6.54 Å². The molecule has 2 aliphatic heterocycles. The van der Waals surface area contributed by atoms with Crippen LogP contribution in [0.5, 0.6) is 0 Å². The third-order valence-corrected chi connectivity index (χ3v) is 8.24. The first-order valence-corrected chi connectivity index (χ1v) is 11.0. The quantitative estimate of drug-likeness (QED) is 0.818. The molecule has 0 radical (unpaired) electrons. The topological polar surface area (TPSA) is 86.8 Å². The van der Waals surface area contributed by atoms with Gasteiger partial charge in [0.25, 0.3) is 10.0 Å². The van der Waals surface area contributed by atoms with Gasteiger partial charge >= 0.3 is 0 Å². The molecule has 10 heteroatoms. The summed E-state index contributed by atoms with van der Waals surface area (Å²) in [5.74, 6) is -0.694. The molecule has 142 valence electrons.